The van der Waals surface area contributed by atoms with Crippen molar-refractivity contribution < 1.29 is 9.84 Å². The fourth-order valence-electron chi connectivity index (χ4n) is 1.46. The normalized spacial score (nSPS) is 9.81. The van der Waals surface area contributed by atoms with Crippen molar-refractivity contribution >= 4 is 11.4 Å². The molecule has 0 atom stereocenters. The Hall–Kier alpha value is -2.16. The molecular weight excluding hydrogens is 202 g/mol. The van der Waals surface area contributed by atoms with Gasteiger partial charge in [-0.2, -0.15) is 0 Å². The standard InChI is InChI=1S/C13H13NO2/c1-16-13-9-11(15)7-8-12(13)14-10-5-3-2-4-6-10/h2-9,14-15H,1H3. The number of ether oxygens (including phenoxy) is 1. The lowest BCUT2D eigenvalue weighted by Crippen LogP contribution is -1.93. The van der Waals surface area contributed by atoms with Crippen LogP contribution in [0.5, 0.6) is 11.5 Å². The zero-order valence-corrected chi connectivity index (χ0v) is 8.97. The number of hydrogen-bond donors (Lipinski definition) is 2. The summed E-state index contributed by atoms with van der Waals surface area (Å²) in [5.74, 6) is 0.805. The largest absolute Gasteiger partial charge is 0.508 e. The van der Waals surface area contributed by atoms with E-state index in [1.165, 1.54) is 0 Å². The van der Waals surface area contributed by atoms with Crippen molar-refractivity contribution in [3.05, 3.63) is 48.5 Å². The molecule has 0 aliphatic carbocycles. The average Bonchev–Trinajstić information content (AvgIpc) is 2.33. The number of phenols is 1. The van der Waals surface area contributed by atoms with Crippen LogP contribution in [0.15, 0.2) is 48.5 Å². The SMILES string of the molecule is COc1cc(O)ccc1Nc1ccccc1. The summed E-state index contributed by atoms with van der Waals surface area (Å²) in [5, 5.41) is 12.5. The number of anilines is 2. The van der Waals surface area contributed by atoms with E-state index in [2.05, 4.69) is 5.32 Å². The number of benzene rings is 2. The first-order valence-electron chi connectivity index (χ1n) is 4.98. The van der Waals surface area contributed by atoms with Crippen molar-refractivity contribution in [1.82, 2.24) is 0 Å². The second-order valence-electron chi connectivity index (χ2n) is 3.38. The molecule has 0 saturated carbocycles. The van der Waals surface area contributed by atoms with Crippen molar-refractivity contribution in [3.8, 4) is 11.5 Å². The maximum absolute atomic E-state index is 9.33. The smallest absolute Gasteiger partial charge is 0.145 e. The highest BCUT2D eigenvalue weighted by Gasteiger charge is 2.03. The van der Waals surface area contributed by atoms with Gasteiger partial charge in [0.05, 0.1) is 12.8 Å². The maximum Gasteiger partial charge on any atom is 0.145 e. The lowest BCUT2D eigenvalue weighted by Gasteiger charge is -2.11. The zero-order chi connectivity index (χ0) is 11.4. The Labute approximate surface area is 94.3 Å². The summed E-state index contributed by atoms with van der Waals surface area (Å²) in [6, 6.07) is 14.8. The molecule has 0 radical (unpaired) electrons. The molecule has 2 N–H and O–H groups in total. The maximum atomic E-state index is 9.33. The Morgan fingerprint density at radius 1 is 1.06 bits per heavy atom. The summed E-state index contributed by atoms with van der Waals surface area (Å²) in [5.41, 5.74) is 1.80. The van der Waals surface area contributed by atoms with Gasteiger partial charge in [0.2, 0.25) is 0 Å². The lowest BCUT2D eigenvalue weighted by atomic mass is 10.2. The highest BCUT2D eigenvalue weighted by Crippen LogP contribution is 2.30. The van der Waals surface area contributed by atoms with Gasteiger partial charge in [-0.05, 0) is 24.3 Å². The number of hydrogen-bond acceptors (Lipinski definition) is 3. The second kappa shape index (κ2) is 4.57. The Bertz CT molecular complexity index is 469. The molecule has 0 fully saturated rings. The Morgan fingerprint density at radius 2 is 1.81 bits per heavy atom. The molecule has 0 aliphatic rings. The Morgan fingerprint density at radius 3 is 2.50 bits per heavy atom. The first kappa shape index (κ1) is 10.4. The van der Waals surface area contributed by atoms with Gasteiger partial charge in [0.25, 0.3) is 0 Å². The number of rotatable bonds is 3. The minimum atomic E-state index is 0.190. The molecule has 0 aromatic heterocycles. The third-order valence-electron chi connectivity index (χ3n) is 2.24. The Kier molecular flexibility index (Phi) is 2.96. The first-order chi connectivity index (χ1) is 7.79. The van der Waals surface area contributed by atoms with Crippen LogP contribution in [0.2, 0.25) is 0 Å². The van der Waals surface area contributed by atoms with Crippen LogP contribution in [0, 0.1) is 0 Å². The molecule has 2 rings (SSSR count). The minimum Gasteiger partial charge on any atom is -0.508 e. The summed E-state index contributed by atoms with van der Waals surface area (Å²) >= 11 is 0. The van der Waals surface area contributed by atoms with Gasteiger partial charge in [0, 0.05) is 11.8 Å². The van der Waals surface area contributed by atoms with Crippen LogP contribution in [0.4, 0.5) is 11.4 Å². The molecule has 3 heteroatoms. The van der Waals surface area contributed by atoms with E-state index in [1.807, 2.05) is 30.3 Å². The van der Waals surface area contributed by atoms with Crippen molar-refractivity contribution in [2.45, 2.75) is 0 Å². The summed E-state index contributed by atoms with van der Waals surface area (Å²) in [7, 11) is 1.57. The van der Waals surface area contributed by atoms with E-state index in [0.29, 0.717) is 5.75 Å². The highest BCUT2D eigenvalue weighted by atomic mass is 16.5. The monoisotopic (exact) mass is 215 g/mol. The summed E-state index contributed by atoms with van der Waals surface area (Å²) in [6.07, 6.45) is 0. The predicted molar refractivity (Wildman–Crippen MR) is 64.4 cm³/mol. The summed E-state index contributed by atoms with van der Waals surface area (Å²) in [6.45, 7) is 0. The van der Waals surface area contributed by atoms with Gasteiger partial charge in [0.15, 0.2) is 0 Å². The van der Waals surface area contributed by atoms with Gasteiger partial charge < -0.3 is 15.2 Å². The van der Waals surface area contributed by atoms with Gasteiger partial charge >= 0.3 is 0 Å². The molecular formula is C13H13NO2. The van der Waals surface area contributed by atoms with Crippen LogP contribution in [0.25, 0.3) is 0 Å². The zero-order valence-electron chi connectivity index (χ0n) is 8.97. The van der Waals surface area contributed by atoms with Crippen LogP contribution < -0.4 is 10.1 Å². The molecule has 16 heavy (non-hydrogen) atoms. The number of phenolic OH excluding ortho intramolecular Hbond substituents is 1. The van der Waals surface area contributed by atoms with Crippen molar-refractivity contribution in [3.63, 3.8) is 0 Å². The molecule has 0 spiro atoms. The van der Waals surface area contributed by atoms with E-state index in [9.17, 15) is 5.11 Å². The number of aromatic hydroxyl groups is 1. The molecule has 2 aromatic carbocycles. The van der Waals surface area contributed by atoms with Crippen molar-refractivity contribution in [1.29, 1.82) is 0 Å². The summed E-state index contributed by atoms with van der Waals surface area (Å²) in [4.78, 5) is 0. The highest BCUT2D eigenvalue weighted by molar-refractivity contribution is 5.67. The molecule has 0 heterocycles. The molecule has 3 nitrogen and oxygen atoms in total. The van der Waals surface area contributed by atoms with Gasteiger partial charge in [-0.25, -0.2) is 0 Å². The van der Waals surface area contributed by atoms with E-state index in [-0.39, 0.29) is 5.75 Å². The van der Waals surface area contributed by atoms with E-state index < -0.39 is 0 Å². The molecule has 2 aromatic rings. The van der Waals surface area contributed by atoms with Gasteiger partial charge in [-0.3, -0.25) is 0 Å². The molecule has 0 unspecified atom stereocenters. The molecule has 0 saturated heterocycles. The average molecular weight is 215 g/mol. The predicted octanol–water partition coefficient (Wildman–Crippen LogP) is 3.14. The molecule has 0 bridgehead atoms. The fraction of sp³-hybridized carbons (Fsp3) is 0.0769. The quantitative estimate of drug-likeness (QED) is 0.773. The van der Waals surface area contributed by atoms with Crippen molar-refractivity contribution in [2.75, 3.05) is 12.4 Å². The van der Waals surface area contributed by atoms with E-state index in [4.69, 9.17) is 4.74 Å². The van der Waals surface area contributed by atoms with Crippen LogP contribution >= 0.6 is 0 Å². The summed E-state index contributed by atoms with van der Waals surface area (Å²) < 4.78 is 5.18. The van der Waals surface area contributed by atoms with Gasteiger partial charge in [0.1, 0.15) is 11.5 Å². The number of methoxy groups -OCH3 is 1. The third-order valence-corrected chi connectivity index (χ3v) is 2.24. The fourth-order valence-corrected chi connectivity index (χ4v) is 1.46. The number of nitrogens with one attached hydrogen (secondary N) is 1. The minimum absolute atomic E-state index is 0.190. The van der Waals surface area contributed by atoms with E-state index >= 15 is 0 Å². The van der Waals surface area contributed by atoms with Gasteiger partial charge in [-0.15, -0.1) is 0 Å². The molecule has 82 valence electrons. The van der Waals surface area contributed by atoms with Crippen LogP contribution in [0.3, 0.4) is 0 Å². The van der Waals surface area contributed by atoms with Crippen molar-refractivity contribution in [2.24, 2.45) is 0 Å². The van der Waals surface area contributed by atoms with Gasteiger partial charge in [-0.1, -0.05) is 18.2 Å². The molecule has 0 amide bonds. The third kappa shape index (κ3) is 2.25. The van der Waals surface area contributed by atoms with Crippen LogP contribution in [-0.2, 0) is 0 Å². The van der Waals surface area contributed by atoms with E-state index in [0.717, 1.165) is 11.4 Å². The topological polar surface area (TPSA) is 41.5 Å². The number of para-hydroxylation sites is 1. The first-order valence-corrected chi connectivity index (χ1v) is 4.98. The molecule has 0 aliphatic heterocycles. The van der Waals surface area contributed by atoms with Crippen LogP contribution in [-0.4, -0.2) is 12.2 Å². The second-order valence-corrected chi connectivity index (χ2v) is 3.38. The Balaban J connectivity index is 2.28. The van der Waals surface area contributed by atoms with Crippen LogP contribution in [0.1, 0.15) is 0 Å². The lowest BCUT2D eigenvalue weighted by molar-refractivity contribution is 0.409. The van der Waals surface area contributed by atoms with E-state index in [1.54, 1.807) is 25.3 Å².